The summed E-state index contributed by atoms with van der Waals surface area (Å²) in [5.41, 5.74) is -5.20. The molecule has 0 spiro atoms. The summed E-state index contributed by atoms with van der Waals surface area (Å²) in [6.45, 7) is 15.2. The number of aliphatic carboxylic acids is 3. The van der Waals surface area contributed by atoms with Gasteiger partial charge in [0.25, 0.3) is 0 Å². The second-order valence-corrected chi connectivity index (χ2v) is 9.23. The molecule has 0 bridgehead atoms. The largest absolute Gasteiger partial charge is 0.481 e. The highest BCUT2D eigenvalue weighted by atomic mass is 16.4. The van der Waals surface area contributed by atoms with Gasteiger partial charge in [0.2, 0.25) is 0 Å². The van der Waals surface area contributed by atoms with Gasteiger partial charge in [-0.25, -0.2) is 4.79 Å². The van der Waals surface area contributed by atoms with Gasteiger partial charge in [0.15, 0.2) is 5.60 Å². The monoisotopic (exact) mass is 402 g/mol. The minimum atomic E-state index is -3.00. The van der Waals surface area contributed by atoms with Crippen molar-refractivity contribution >= 4 is 17.9 Å². The molecular weight excluding hydrogens is 364 g/mol. The average Bonchev–Trinajstić information content (AvgIpc) is 2.53. The molecule has 0 saturated heterocycles. The zero-order chi connectivity index (χ0) is 22.8. The smallest absolute Gasteiger partial charge is 0.337 e. The van der Waals surface area contributed by atoms with E-state index in [1.165, 1.54) is 0 Å². The van der Waals surface area contributed by atoms with E-state index in [9.17, 15) is 34.8 Å². The molecule has 0 heterocycles. The van der Waals surface area contributed by atoms with E-state index in [4.69, 9.17) is 0 Å². The molecule has 5 atom stereocenters. The summed E-state index contributed by atoms with van der Waals surface area (Å²) in [6.07, 6.45) is 0. The van der Waals surface area contributed by atoms with Crippen molar-refractivity contribution < 1.29 is 34.8 Å². The second kappa shape index (κ2) is 9.25. The fourth-order valence-corrected chi connectivity index (χ4v) is 4.45. The molecule has 0 rings (SSSR count). The molecule has 0 radical (unpaired) electrons. The van der Waals surface area contributed by atoms with E-state index in [2.05, 4.69) is 0 Å². The summed E-state index contributed by atoms with van der Waals surface area (Å²) in [6, 6.07) is 0. The van der Waals surface area contributed by atoms with Crippen LogP contribution in [0.2, 0.25) is 0 Å². The van der Waals surface area contributed by atoms with Gasteiger partial charge in [0.1, 0.15) is 11.3 Å². The summed E-state index contributed by atoms with van der Waals surface area (Å²) in [4.78, 5) is 37.5. The van der Waals surface area contributed by atoms with Crippen molar-refractivity contribution in [3.8, 4) is 0 Å². The van der Waals surface area contributed by atoms with Crippen LogP contribution in [0.3, 0.4) is 0 Å². The van der Waals surface area contributed by atoms with E-state index < -0.39 is 52.6 Å². The van der Waals surface area contributed by atoms with Gasteiger partial charge >= 0.3 is 17.9 Å². The summed E-state index contributed by atoms with van der Waals surface area (Å²) in [5.74, 6) is -9.84. The van der Waals surface area contributed by atoms with E-state index in [1.807, 2.05) is 0 Å². The van der Waals surface area contributed by atoms with Crippen LogP contribution < -0.4 is 0 Å². The van der Waals surface area contributed by atoms with Crippen molar-refractivity contribution in [2.75, 3.05) is 0 Å². The predicted octanol–water partition coefficient (Wildman–Crippen LogP) is 3.45. The lowest BCUT2D eigenvalue weighted by atomic mass is 9.49. The Kier molecular flexibility index (Phi) is 8.71. The lowest BCUT2D eigenvalue weighted by Gasteiger charge is -2.54. The van der Waals surface area contributed by atoms with E-state index in [1.54, 1.807) is 62.3 Å². The summed E-state index contributed by atoms with van der Waals surface area (Å²) in [7, 11) is 0. The number of carbonyl (C=O) groups is 3. The normalized spacial score (nSPS) is 20.9. The Hall–Kier alpha value is -1.63. The first kappa shape index (κ1) is 26.4. The van der Waals surface area contributed by atoms with Crippen molar-refractivity contribution in [3.05, 3.63) is 0 Å². The molecule has 0 aliphatic carbocycles. The number of rotatable bonds is 11. The molecule has 0 aromatic rings. The van der Waals surface area contributed by atoms with Crippen LogP contribution in [0.1, 0.15) is 62.3 Å². The Morgan fingerprint density at radius 3 is 1.18 bits per heavy atom. The van der Waals surface area contributed by atoms with Gasteiger partial charge in [0, 0.05) is 0 Å². The van der Waals surface area contributed by atoms with Crippen molar-refractivity contribution in [1.82, 2.24) is 0 Å². The second-order valence-electron chi connectivity index (χ2n) is 9.23. The van der Waals surface area contributed by atoms with Crippen LogP contribution in [0.5, 0.6) is 0 Å². The first-order chi connectivity index (χ1) is 12.5. The molecule has 0 saturated carbocycles. The Balaban J connectivity index is 7.43. The highest BCUT2D eigenvalue weighted by Gasteiger charge is 2.71. The Bertz CT molecular complexity index is 567. The van der Waals surface area contributed by atoms with Gasteiger partial charge in [-0.15, -0.1) is 0 Å². The third-order valence-electron chi connectivity index (χ3n) is 7.04. The SMILES string of the molecule is CC(C)C(C)C(C(=O)O)C(O)(C(=O)O)C(C(=O)O)(C(C)C(C)C)C(C)C(C)C. The van der Waals surface area contributed by atoms with Crippen molar-refractivity contribution in [1.29, 1.82) is 0 Å². The molecule has 0 aromatic carbocycles. The third kappa shape index (κ3) is 4.04. The minimum Gasteiger partial charge on any atom is -0.481 e. The van der Waals surface area contributed by atoms with Crippen molar-refractivity contribution in [3.63, 3.8) is 0 Å². The van der Waals surface area contributed by atoms with Crippen LogP contribution in [0.4, 0.5) is 0 Å². The zero-order valence-corrected chi connectivity index (χ0v) is 18.6. The number of aliphatic hydroxyl groups is 1. The van der Waals surface area contributed by atoms with Crippen molar-refractivity contribution in [2.45, 2.75) is 67.9 Å². The van der Waals surface area contributed by atoms with Gasteiger partial charge in [-0.1, -0.05) is 62.3 Å². The van der Waals surface area contributed by atoms with Crippen LogP contribution >= 0.6 is 0 Å². The molecule has 0 amide bonds. The maximum Gasteiger partial charge on any atom is 0.337 e. The van der Waals surface area contributed by atoms with E-state index >= 15 is 0 Å². The van der Waals surface area contributed by atoms with Crippen molar-refractivity contribution in [2.24, 2.45) is 46.8 Å². The standard InChI is InChI=1S/C21H38O7/c1-10(2)13(7)16(17(22)23)21(28,19(26)27)20(18(24)25,14(8)11(3)4)15(9)12(5)6/h10-16,28H,1-9H3,(H,22,23)(H,24,25)(H,26,27). The summed E-state index contributed by atoms with van der Waals surface area (Å²) < 4.78 is 0. The first-order valence-electron chi connectivity index (χ1n) is 9.94. The van der Waals surface area contributed by atoms with Gasteiger partial charge in [-0.05, 0) is 35.5 Å². The molecule has 0 aliphatic rings. The molecule has 5 unspecified atom stereocenters. The molecule has 0 fully saturated rings. The summed E-state index contributed by atoms with van der Waals surface area (Å²) in [5, 5.41) is 42.2. The molecule has 164 valence electrons. The number of hydrogen-bond acceptors (Lipinski definition) is 4. The van der Waals surface area contributed by atoms with Gasteiger partial charge in [-0.2, -0.15) is 0 Å². The van der Waals surface area contributed by atoms with Gasteiger partial charge < -0.3 is 20.4 Å². The Morgan fingerprint density at radius 2 is 1.00 bits per heavy atom. The molecule has 0 aliphatic heterocycles. The van der Waals surface area contributed by atoms with E-state index in [0.717, 1.165) is 0 Å². The molecule has 0 aromatic heterocycles. The van der Waals surface area contributed by atoms with Crippen LogP contribution in [-0.2, 0) is 14.4 Å². The fourth-order valence-electron chi connectivity index (χ4n) is 4.45. The van der Waals surface area contributed by atoms with Crippen LogP contribution in [0.15, 0.2) is 0 Å². The predicted molar refractivity (Wildman–Crippen MR) is 106 cm³/mol. The molecule has 7 heteroatoms. The lowest BCUT2D eigenvalue weighted by Crippen LogP contribution is -2.71. The Morgan fingerprint density at radius 1 is 0.643 bits per heavy atom. The maximum atomic E-state index is 12.8. The van der Waals surface area contributed by atoms with Crippen LogP contribution in [-0.4, -0.2) is 43.9 Å². The number of carboxylic acids is 3. The van der Waals surface area contributed by atoms with Crippen LogP contribution in [0, 0.1) is 46.8 Å². The molecule has 7 nitrogen and oxygen atoms in total. The molecular formula is C21H38O7. The van der Waals surface area contributed by atoms with E-state index in [-0.39, 0.29) is 17.8 Å². The number of carboxylic acid groups (broad SMARTS) is 3. The molecule has 28 heavy (non-hydrogen) atoms. The number of hydrogen-bond donors (Lipinski definition) is 4. The minimum absolute atomic E-state index is 0.276. The highest BCUT2D eigenvalue weighted by Crippen LogP contribution is 2.55. The average molecular weight is 403 g/mol. The van der Waals surface area contributed by atoms with Gasteiger partial charge in [0.05, 0.1) is 0 Å². The fraction of sp³-hybridized carbons (Fsp3) is 0.857. The lowest BCUT2D eigenvalue weighted by molar-refractivity contribution is -0.231. The first-order valence-corrected chi connectivity index (χ1v) is 9.94. The Labute approximate surface area is 168 Å². The topological polar surface area (TPSA) is 132 Å². The van der Waals surface area contributed by atoms with Gasteiger partial charge in [-0.3, -0.25) is 9.59 Å². The molecule has 4 N–H and O–H groups in total. The summed E-state index contributed by atoms with van der Waals surface area (Å²) >= 11 is 0. The highest BCUT2D eigenvalue weighted by molar-refractivity contribution is 5.94. The maximum absolute atomic E-state index is 12.8. The zero-order valence-electron chi connectivity index (χ0n) is 18.6. The quantitative estimate of drug-likeness (QED) is 0.416. The van der Waals surface area contributed by atoms with Crippen LogP contribution in [0.25, 0.3) is 0 Å². The van der Waals surface area contributed by atoms with E-state index in [0.29, 0.717) is 0 Å². The third-order valence-corrected chi connectivity index (χ3v) is 7.04.